The summed E-state index contributed by atoms with van der Waals surface area (Å²) in [6, 6.07) is 8.26. The second-order valence-corrected chi connectivity index (χ2v) is 4.49. The molecule has 1 atom stereocenters. The highest BCUT2D eigenvalue weighted by Gasteiger charge is 2.25. The number of benzene rings is 1. The fourth-order valence-corrected chi connectivity index (χ4v) is 1.77. The minimum absolute atomic E-state index is 0.0872. The third kappa shape index (κ3) is 5.54. The molecule has 0 amide bonds. The zero-order valence-corrected chi connectivity index (χ0v) is 10.8. The number of halogens is 3. The summed E-state index contributed by atoms with van der Waals surface area (Å²) >= 11 is 0. The van der Waals surface area contributed by atoms with Gasteiger partial charge in [0.1, 0.15) is 0 Å². The van der Waals surface area contributed by atoms with Crippen LogP contribution in [0, 0.1) is 0 Å². The summed E-state index contributed by atoms with van der Waals surface area (Å²) in [4.78, 5) is 0. The third-order valence-electron chi connectivity index (χ3n) is 2.98. The molecule has 0 saturated heterocycles. The van der Waals surface area contributed by atoms with Crippen molar-refractivity contribution in [2.24, 2.45) is 0 Å². The maximum atomic E-state index is 12.0. The number of nitrogens with one attached hydrogen (secondary N) is 1. The predicted molar refractivity (Wildman–Crippen MR) is 67.5 cm³/mol. The molecular formula is C14H20F3N. The van der Waals surface area contributed by atoms with Gasteiger partial charge in [0.05, 0.1) is 0 Å². The molecule has 0 aliphatic rings. The second-order valence-electron chi connectivity index (χ2n) is 4.49. The molecule has 1 N–H and O–H groups in total. The van der Waals surface area contributed by atoms with Crippen molar-refractivity contribution in [3.63, 3.8) is 0 Å². The van der Waals surface area contributed by atoms with Crippen molar-refractivity contribution in [3.8, 4) is 0 Å². The molecule has 0 heterocycles. The van der Waals surface area contributed by atoms with E-state index in [0.29, 0.717) is 6.54 Å². The summed E-state index contributed by atoms with van der Waals surface area (Å²) < 4.78 is 35.9. The molecule has 18 heavy (non-hydrogen) atoms. The van der Waals surface area contributed by atoms with Crippen molar-refractivity contribution in [2.45, 2.75) is 45.3 Å². The fourth-order valence-electron chi connectivity index (χ4n) is 1.77. The largest absolute Gasteiger partial charge is 0.389 e. The highest BCUT2D eigenvalue weighted by molar-refractivity contribution is 5.24. The lowest BCUT2D eigenvalue weighted by molar-refractivity contribution is -0.135. The summed E-state index contributed by atoms with van der Waals surface area (Å²) in [5.41, 5.74) is 2.38. The molecule has 0 fully saturated rings. The molecule has 102 valence electrons. The van der Waals surface area contributed by atoms with E-state index in [1.807, 2.05) is 19.1 Å². The quantitative estimate of drug-likeness (QED) is 0.753. The van der Waals surface area contributed by atoms with E-state index >= 15 is 0 Å². The van der Waals surface area contributed by atoms with Crippen LogP contribution < -0.4 is 5.32 Å². The van der Waals surface area contributed by atoms with E-state index in [4.69, 9.17) is 0 Å². The Morgan fingerprint density at radius 3 is 2.28 bits per heavy atom. The zero-order chi connectivity index (χ0) is 13.6. The predicted octanol–water partition coefficient (Wildman–Crippen LogP) is 4.24. The van der Waals surface area contributed by atoms with Crippen LogP contribution in [0.15, 0.2) is 24.3 Å². The summed E-state index contributed by atoms with van der Waals surface area (Å²) in [5, 5.41) is 3.11. The molecule has 0 bridgehead atoms. The standard InChI is InChI=1S/C14H20F3N/c1-3-12-5-7-13(8-6-12)11(2)18-10-4-9-14(15,16)17/h5-8,11,18H,3-4,9-10H2,1-2H3. The Balaban J connectivity index is 2.33. The summed E-state index contributed by atoms with van der Waals surface area (Å²) in [5.74, 6) is 0. The molecule has 1 rings (SSSR count). The Hall–Kier alpha value is -1.03. The van der Waals surface area contributed by atoms with E-state index in [9.17, 15) is 13.2 Å². The Morgan fingerprint density at radius 2 is 1.78 bits per heavy atom. The van der Waals surface area contributed by atoms with Crippen molar-refractivity contribution in [1.29, 1.82) is 0 Å². The second kappa shape index (κ2) is 6.78. The van der Waals surface area contributed by atoms with Crippen LogP contribution in [0.25, 0.3) is 0 Å². The number of hydrogen-bond donors (Lipinski definition) is 1. The van der Waals surface area contributed by atoms with Crippen molar-refractivity contribution in [2.75, 3.05) is 6.54 Å². The third-order valence-corrected chi connectivity index (χ3v) is 2.98. The van der Waals surface area contributed by atoms with Gasteiger partial charge in [-0.05, 0) is 37.4 Å². The van der Waals surface area contributed by atoms with Crippen LogP contribution in [-0.4, -0.2) is 12.7 Å². The fraction of sp³-hybridized carbons (Fsp3) is 0.571. The molecule has 0 spiro atoms. The SMILES string of the molecule is CCc1ccc(C(C)NCCCC(F)(F)F)cc1. The van der Waals surface area contributed by atoms with Gasteiger partial charge >= 0.3 is 6.18 Å². The minimum atomic E-state index is -4.05. The average molecular weight is 259 g/mol. The van der Waals surface area contributed by atoms with Gasteiger partial charge in [-0.1, -0.05) is 31.2 Å². The van der Waals surface area contributed by atoms with Crippen LogP contribution in [0.3, 0.4) is 0 Å². The van der Waals surface area contributed by atoms with Gasteiger partial charge in [-0.2, -0.15) is 13.2 Å². The molecule has 4 heteroatoms. The van der Waals surface area contributed by atoms with Gasteiger partial charge < -0.3 is 5.32 Å². The lowest BCUT2D eigenvalue weighted by Gasteiger charge is -2.15. The molecule has 1 aromatic rings. The van der Waals surface area contributed by atoms with Gasteiger partial charge in [-0.3, -0.25) is 0 Å². The van der Waals surface area contributed by atoms with Crippen LogP contribution in [-0.2, 0) is 6.42 Å². The smallest absolute Gasteiger partial charge is 0.310 e. The number of alkyl halides is 3. The van der Waals surface area contributed by atoms with E-state index in [-0.39, 0.29) is 12.5 Å². The maximum absolute atomic E-state index is 12.0. The monoisotopic (exact) mass is 259 g/mol. The molecule has 1 unspecified atom stereocenters. The lowest BCUT2D eigenvalue weighted by atomic mass is 10.0. The van der Waals surface area contributed by atoms with Crippen molar-refractivity contribution < 1.29 is 13.2 Å². The Morgan fingerprint density at radius 1 is 1.17 bits per heavy atom. The number of aryl methyl sites for hydroxylation is 1. The highest BCUT2D eigenvalue weighted by atomic mass is 19.4. The van der Waals surface area contributed by atoms with Gasteiger partial charge in [0.2, 0.25) is 0 Å². The Kier molecular flexibility index (Phi) is 5.66. The molecule has 0 aromatic heterocycles. The van der Waals surface area contributed by atoms with Crippen LogP contribution in [0.5, 0.6) is 0 Å². The first-order valence-electron chi connectivity index (χ1n) is 6.31. The first-order valence-corrected chi connectivity index (χ1v) is 6.31. The van der Waals surface area contributed by atoms with Crippen molar-refractivity contribution >= 4 is 0 Å². The zero-order valence-electron chi connectivity index (χ0n) is 10.8. The molecule has 0 aliphatic carbocycles. The van der Waals surface area contributed by atoms with Crippen LogP contribution >= 0.6 is 0 Å². The topological polar surface area (TPSA) is 12.0 Å². The molecular weight excluding hydrogens is 239 g/mol. The number of hydrogen-bond acceptors (Lipinski definition) is 1. The lowest BCUT2D eigenvalue weighted by Crippen LogP contribution is -2.21. The maximum Gasteiger partial charge on any atom is 0.389 e. The van der Waals surface area contributed by atoms with Crippen LogP contribution in [0.2, 0.25) is 0 Å². The minimum Gasteiger partial charge on any atom is -0.310 e. The van der Waals surface area contributed by atoms with Gasteiger partial charge in [0, 0.05) is 12.5 Å². The van der Waals surface area contributed by atoms with E-state index in [1.54, 1.807) is 0 Å². The molecule has 1 aromatic carbocycles. The molecule has 1 nitrogen and oxygen atoms in total. The first kappa shape index (κ1) is 15.0. The van der Waals surface area contributed by atoms with E-state index < -0.39 is 12.6 Å². The normalized spacial score (nSPS) is 13.6. The van der Waals surface area contributed by atoms with Gasteiger partial charge in [0.25, 0.3) is 0 Å². The van der Waals surface area contributed by atoms with E-state index in [0.717, 1.165) is 12.0 Å². The Bertz CT molecular complexity index is 343. The van der Waals surface area contributed by atoms with Gasteiger partial charge in [0.15, 0.2) is 0 Å². The van der Waals surface area contributed by atoms with Crippen molar-refractivity contribution in [1.82, 2.24) is 5.32 Å². The molecule has 0 saturated carbocycles. The van der Waals surface area contributed by atoms with Gasteiger partial charge in [-0.15, -0.1) is 0 Å². The van der Waals surface area contributed by atoms with E-state index in [2.05, 4.69) is 24.4 Å². The first-order chi connectivity index (χ1) is 8.42. The van der Waals surface area contributed by atoms with Crippen LogP contribution in [0.4, 0.5) is 13.2 Å². The number of rotatable bonds is 6. The summed E-state index contributed by atoms with van der Waals surface area (Å²) in [6.45, 7) is 4.44. The molecule has 0 aliphatic heterocycles. The van der Waals surface area contributed by atoms with Gasteiger partial charge in [-0.25, -0.2) is 0 Å². The highest BCUT2D eigenvalue weighted by Crippen LogP contribution is 2.21. The summed E-state index contributed by atoms with van der Waals surface area (Å²) in [6.07, 6.45) is -3.65. The van der Waals surface area contributed by atoms with Crippen molar-refractivity contribution in [3.05, 3.63) is 35.4 Å². The van der Waals surface area contributed by atoms with Crippen LogP contribution in [0.1, 0.15) is 43.9 Å². The Labute approximate surface area is 106 Å². The molecule has 0 radical (unpaired) electrons. The summed E-state index contributed by atoms with van der Waals surface area (Å²) in [7, 11) is 0. The average Bonchev–Trinajstić information content (AvgIpc) is 2.33. The van der Waals surface area contributed by atoms with E-state index in [1.165, 1.54) is 5.56 Å².